The van der Waals surface area contributed by atoms with Gasteiger partial charge in [-0.1, -0.05) is 19.9 Å². The van der Waals surface area contributed by atoms with E-state index >= 15 is 0 Å². The largest absolute Gasteiger partial charge is 0.416 e. The molecule has 0 saturated heterocycles. The van der Waals surface area contributed by atoms with Crippen molar-refractivity contribution in [3.05, 3.63) is 29.3 Å². The van der Waals surface area contributed by atoms with Crippen molar-refractivity contribution in [2.24, 2.45) is 0 Å². The smallest absolute Gasteiger partial charge is 0.373 e. The van der Waals surface area contributed by atoms with Crippen LogP contribution in [0.3, 0.4) is 0 Å². The molecule has 0 aromatic heterocycles. The summed E-state index contributed by atoms with van der Waals surface area (Å²) in [5, 5.41) is 12.3. The molecular formula is C11H12F3NO. The summed E-state index contributed by atoms with van der Waals surface area (Å²) in [7, 11) is 0. The molecule has 1 aliphatic rings. The van der Waals surface area contributed by atoms with Gasteiger partial charge in [-0.05, 0) is 17.7 Å². The summed E-state index contributed by atoms with van der Waals surface area (Å²) in [6.45, 7) is 3.56. The van der Waals surface area contributed by atoms with Gasteiger partial charge >= 0.3 is 6.18 Å². The van der Waals surface area contributed by atoms with Gasteiger partial charge in [0, 0.05) is 11.1 Å². The van der Waals surface area contributed by atoms with E-state index in [1.807, 2.05) is 0 Å². The Kier molecular flexibility index (Phi) is 2.21. The summed E-state index contributed by atoms with van der Waals surface area (Å²) in [6.07, 6.45) is -5.21. The van der Waals surface area contributed by atoms with Gasteiger partial charge in [-0.3, -0.25) is 0 Å². The summed E-state index contributed by atoms with van der Waals surface area (Å²) in [4.78, 5) is 0. The van der Waals surface area contributed by atoms with Crippen LogP contribution in [0.4, 0.5) is 18.9 Å². The van der Waals surface area contributed by atoms with Gasteiger partial charge in [-0.15, -0.1) is 0 Å². The molecule has 16 heavy (non-hydrogen) atoms. The second kappa shape index (κ2) is 3.13. The van der Waals surface area contributed by atoms with Gasteiger partial charge < -0.3 is 10.4 Å². The van der Waals surface area contributed by atoms with Crippen LogP contribution >= 0.6 is 0 Å². The first-order valence-electron chi connectivity index (χ1n) is 4.89. The number of alkyl halides is 3. The van der Waals surface area contributed by atoms with Gasteiger partial charge in [0.15, 0.2) is 0 Å². The van der Waals surface area contributed by atoms with Gasteiger partial charge in [0.1, 0.15) is 6.23 Å². The van der Waals surface area contributed by atoms with Crippen LogP contribution in [0.2, 0.25) is 0 Å². The highest BCUT2D eigenvalue weighted by Crippen LogP contribution is 2.42. The third kappa shape index (κ3) is 1.55. The molecule has 1 aliphatic heterocycles. The molecule has 0 amide bonds. The lowest BCUT2D eigenvalue weighted by Crippen LogP contribution is -2.32. The van der Waals surface area contributed by atoms with Gasteiger partial charge in [-0.2, -0.15) is 13.2 Å². The van der Waals surface area contributed by atoms with E-state index < -0.39 is 23.4 Å². The van der Waals surface area contributed by atoms with Crippen molar-refractivity contribution in [2.75, 3.05) is 5.32 Å². The first-order valence-corrected chi connectivity index (χ1v) is 4.89. The van der Waals surface area contributed by atoms with Gasteiger partial charge in [0.25, 0.3) is 0 Å². The Morgan fingerprint density at radius 3 is 2.50 bits per heavy atom. The average Bonchev–Trinajstić information content (AvgIpc) is 2.36. The quantitative estimate of drug-likeness (QED) is 0.719. The van der Waals surface area contributed by atoms with Crippen LogP contribution in [0, 0.1) is 0 Å². The van der Waals surface area contributed by atoms with E-state index in [-0.39, 0.29) is 0 Å². The lowest BCUT2D eigenvalue weighted by molar-refractivity contribution is -0.137. The maximum atomic E-state index is 12.5. The molecule has 1 aromatic carbocycles. The zero-order valence-corrected chi connectivity index (χ0v) is 8.89. The number of nitrogens with one attached hydrogen (secondary N) is 1. The number of aliphatic hydroxyl groups excluding tert-OH is 1. The number of anilines is 1. The van der Waals surface area contributed by atoms with Crippen LogP contribution in [0.5, 0.6) is 0 Å². The molecule has 0 fully saturated rings. The van der Waals surface area contributed by atoms with E-state index in [4.69, 9.17) is 0 Å². The molecule has 0 aliphatic carbocycles. The number of rotatable bonds is 0. The number of benzene rings is 1. The van der Waals surface area contributed by atoms with Crippen LogP contribution in [0.15, 0.2) is 18.2 Å². The molecule has 0 bridgehead atoms. The molecule has 2 rings (SSSR count). The van der Waals surface area contributed by atoms with Crippen LogP contribution in [0.1, 0.15) is 25.0 Å². The number of halogens is 3. The topological polar surface area (TPSA) is 32.3 Å². The molecule has 0 spiro atoms. The third-order valence-electron chi connectivity index (χ3n) is 3.02. The normalized spacial score (nSPS) is 22.8. The molecular weight excluding hydrogens is 219 g/mol. The van der Waals surface area contributed by atoms with Crippen molar-refractivity contribution in [3.63, 3.8) is 0 Å². The summed E-state index contributed by atoms with van der Waals surface area (Å²) in [6, 6.07) is 3.50. The molecule has 1 unspecified atom stereocenters. The van der Waals surface area contributed by atoms with Crippen molar-refractivity contribution in [2.45, 2.75) is 31.7 Å². The Labute approximate surface area is 91.1 Å². The Hall–Kier alpha value is -1.23. The summed E-state index contributed by atoms with van der Waals surface area (Å²) in [5.41, 5.74) is -0.219. The summed E-state index contributed by atoms with van der Waals surface area (Å²) < 4.78 is 37.4. The number of fused-ring (bicyclic) bond motifs is 1. The fourth-order valence-corrected chi connectivity index (χ4v) is 1.88. The molecule has 0 radical (unpaired) electrons. The van der Waals surface area contributed by atoms with Gasteiger partial charge in [-0.25, -0.2) is 0 Å². The fraction of sp³-hybridized carbons (Fsp3) is 0.455. The van der Waals surface area contributed by atoms with Crippen molar-refractivity contribution in [1.29, 1.82) is 0 Å². The third-order valence-corrected chi connectivity index (χ3v) is 3.02. The highest BCUT2D eigenvalue weighted by atomic mass is 19.4. The van der Waals surface area contributed by atoms with Crippen molar-refractivity contribution < 1.29 is 18.3 Å². The van der Waals surface area contributed by atoms with E-state index in [0.29, 0.717) is 11.3 Å². The predicted molar refractivity (Wildman–Crippen MR) is 54.1 cm³/mol. The lowest BCUT2D eigenvalue weighted by atomic mass is 9.85. The Balaban J connectivity index is 2.49. The highest BCUT2D eigenvalue weighted by molar-refractivity contribution is 5.62. The molecule has 1 atom stereocenters. The standard InChI is InChI=1S/C11H12F3NO/c1-10(2)7-4-3-6(11(12,13)14)5-8(7)15-9(10)16/h3-5,9,15-16H,1-2H3. The van der Waals surface area contributed by atoms with E-state index in [2.05, 4.69) is 5.32 Å². The zero-order chi connectivity index (χ0) is 12.1. The van der Waals surface area contributed by atoms with Gasteiger partial charge in [0.2, 0.25) is 0 Å². The van der Waals surface area contributed by atoms with Crippen LogP contribution < -0.4 is 5.32 Å². The molecule has 2 nitrogen and oxygen atoms in total. The minimum Gasteiger partial charge on any atom is -0.373 e. The summed E-state index contributed by atoms with van der Waals surface area (Å²) in [5.74, 6) is 0. The first-order chi connectivity index (χ1) is 7.23. The minimum atomic E-state index is -4.35. The van der Waals surface area contributed by atoms with E-state index in [1.54, 1.807) is 13.8 Å². The molecule has 88 valence electrons. The van der Waals surface area contributed by atoms with E-state index in [9.17, 15) is 18.3 Å². The predicted octanol–water partition coefficient (Wildman–Crippen LogP) is 2.73. The highest BCUT2D eigenvalue weighted by Gasteiger charge is 2.40. The van der Waals surface area contributed by atoms with Crippen molar-refractivity contribution >= 4 is 5.69 Å². The number of hydrogen-bond donors (Lipinski definition) is 2. The first kappa shape index (κ1) is 11.3. The number of aliphatic hydroxyl groups is 1. The van der Waals surface area contributed by atoms with E-state index in [1.165, 1.54) is 6.07 Å². The maximum Gasteiger partial charge on any atom is 0.416 e. The molecule has 2 N–H and O–H groups in total. The minimum absolute atomic E-state index is 0.354. The van der Waals surface area contributed by atoms with Crippen LogP contribution in [-0.4, -0.2) is 11.3 Å². The lowest BCUT2D eigenvalue weighted by Gasteiger charge is -2.22. The molecule has 0 saturated carbocycles. The molecule has 1 aromatic rings. The Bertz CT molecular complexity index is 426. The monoisotopic (exact) mass is 231 g/mol. The maximum absolute atomic E-state index is 12.5. The molecule has 5 heteroatoms. The Morgan fingerprint density at radius 1 is 1.31 bits per heavy atom. The van der Waals surface area contributed by atoms with Gasteiger partial charge in [0.05, 0.1) is 5.56 Å². The zero-order valence-electron chi connectivity index (χ0n) is 8.89. The second-order valence-electron chi connectivity index (χ2n) is 4.53. The van der Waals surface area contributed by atoms with Crippen LogP contribution in [-0.2, 0) is 11.6 Å². The molecule has 1 heterocycles. The average molecular weight is 231 g/mol. The fourth-order valence-electron chi connectivity index (χ4n) is 1.88. The SMILES string of the molecule is CC1(C)c2ccc(C(F)(F)F)cc2NC1O. The second-order valence-corrected chi connectivity index (χ2v) is 4.53. The summed E-state index contributed by atoms with van der Waals surface area (Å²) >= 11 is 0. The van der Waals surface area contributed by atoms with Crippen molar-refractivity contribution in [3.8, 4) is 0 Å². The Morgan fingerprint density at radius 2 is 1.94 bits per heavy atom. The number of hydrogen-bond acceptors (Lipinski definition) is 2. The van der Waals surface area contributed by atoms with Crippen molar-refractivity contribution in [1.82, 2.24) is 0 Å². The van der Waals surface area contributed by atoms with Crippen LogP contribution in [0.25, 0.3) is 0 Å². The van der Waals surface area contributed by atoms with E-state index in [0.717, 1.165) is 12.1 Å².